The number of hydrogen-bond acceptors (Lipinski definition) is 3. The molecule has 0 saturated heterocycles. The van der Waals surface area contributed by atoms with E-state index < -0.39 is 10.8 Å². The average Bonchev–Trinajstić information content (AvgIpc) is 2.35. The van der Waals surface area contributed by atoms with Crippen LogP contribution in [0.4, 0.5) is 5.69 Å². The number of carbonyl (C=O) groups excluding carboxylic acids is 1. The third-order valence-electron chi connectivity index (χ3n) is 2.72. The van der Waals surface area contributed by atoms with Crippen molar-refractivity contribution in [1.82, 2.24) is 5.32 Å². The fourth-order valence-electron chi connectivity index (χ4n) is 1.61. The zero-order chi connectivity index (χ0) is 13.7. The highest BCUT2D eigenvalue weighted by atomic mass is 35.5. The van der Waals surface area contributed by atoms with Gasteiger partial charge in [-0.25, -0.2) is 0 Å². The second kappa shape index (κ2) is 6.35. The van der Waals surface area contributed by atoms with E-state index in [1.165, 1.54) is 18.2 Å². The predicted molar refractivity (Wildman–Crippen MR) is 69.9 cm³/mol. The maximum Gasteiger partial charge on any atom is 0.282 e. The summed E-state index contributed by atoms with van der Waals surface area (Å²) in [5, 5.41) is 13.9. The summed E-state index contributed by atoms with van der Waals surface area (Å²) < 4.78 is 0. The smallest absolute Gasteiger partial charge is 0.282 e. The first-order chi connectivity index (χ1) is 8.49. The Morgan fingerprint density at radius 1 is 1.44 bits per heavy atom. The topological polar surface area (TPSA) is 72.2 Å². The summed E-state index contributed by atoms with van der Waals surface area (Å²) >= 11 is 5.77. The van der Waals surface area contributed by atoms with Crippen LogP contribution in [0.3, 0.4) is 0 Å². The van der Waals surface area contributed by atoms with Gasteiger partial charge in [-0.3, -0.25) is 14.9 Å². The van der Waals surface area contributed by atoms with Gasteiger partial charge in [-0.15, -0.1) is 0 Å². The lowest BCUT2D eigenvalue weighted by Gasteiger charge is -2.14. The van der Waals surface area contributed by atoms with Gasteiger partial charge in [0.1, 0.15) is 5.56 Å². The summed E-state index contributed by atoms with van der Waals surface area (Å²) in [5.41, 5.74) is -0.234. The number of nitrogens with zero attached hydrogens (tertiary/aromatic N) is 1. The molecule has 0 aliphatic rings. The minimum atomic E-state index is -0.585. The van der Waals surface area contributed by atoms with E-state index in [-0.39, 0.29) is 17.3 Å². The SMILES string of the molecule is CCC(CC)NC(=O)c1cc(Cl)ccc1[N+](=O)[O-]. The number of rotatable bonds is 5. The van der Waals surface area contributed by atoms with Gasteiger partial charge in [0.05, 0.1) is 4.92 Å². The molecule has 0 radical (unpaired) electrons. The van der Waals surface area contributed by atoms with E-state index >= 15 is 0 Å². The van der Waals surface area contributed by atoms with E-state index in [2.05, 4.69) is 5.32 Å². The molecule has 0 fully saturated rings. The molecule has 1 aromatic carbocycles. The number of carbonyl (C=O) groups is 1. The minimum Gasteiger partial charge on any atom is -0.349 e. The summed E-state index contributed by atoms with van der Waals surface area (Å²) in [6.07, 6.45) is 1.55. The van der Waals surface area contributed by atoms with Crippen LogP contribution in [0.1, 0.15) is 37.0 Å². The molecule has 0 bridgehead atoms. The number of nitro benzene ring substituents is 1. The second-order valence-corrected chi connectivity index (χ2v) is 4.34. The molecule has 6 heteroatoms. The largest absolute Gasteiger partial charge is 0.349 e. The van der Waals surface area contributed by atoms with Crippen LogP contribution in [-0.4, -0.2) is 16.9 Å². The molecule has 0 spiro atoms. The van der Waals surface area contributed by atoms with Crippen LogP contribution >= 0.6 is 11.6 Å². The zero-order valence-corrected chi connectivity index (χ0v) is 11.0. The highest BCUT2D eigenvalue weighted by Gasteiger charge is 2.21. The number of nitrogens with one attached hydrogen (secondary N) is 1. The first-order valence-corrected chi connectivity index (χ1v) is 6.12. The predicted octanol–water partition coefficient (Wildman–Crippen LogP) is 3.17. The van der Waals surface area contributed by atoms with Gasteiger partial charge in [0.2, 0.25) is 0 Å². The molecule has 0 aliphatic carbocycles. The van der Waals surface area contributed by atoms with Crippen LogP contribution in [0.2, 0.25) is 5.02 Å². The van der Waals surface area contributed by atoms with Crippen molar-refractivity contribution >= 4 is 23.2 Å². The Hall–Kier alpha value is -1.62. The Morgan fingerprint density at radius 3 is 2.56 bits per heavy atom. The van der Waals surface area contributed by atoms with E-state index in [0.29, 0.717) is 5.02 Å². The van der Waals surface area contributed by atoms with E-state index in [0.717, 1.165) is 12.8 Å². The van der Waals surface area contributed by atoms with Gasteiger partial charge in [-0.2, -0.15) is 0 Å². The average molecular weight is 271 g/mol. The molecule has 0 aromatic heterocycles. The molecule has 0 aliphatic heterocycles. The van der Waals surface area contributed by atoms with Gasteiger partial charge in [-0.05, 0) is 25.0 Å². The number of nitro groups is 1. The van der Waals surface area contributed by atoms with Crippen molar-refractivity contribution in [1.29, 1.82) is 0 Å². The van der Waals surface area contributed by atoms with Crippen LogP contribution in [0.5, 0.6) is 0 Å². The molecule has 5 nitrogen and oxygen atoms in total. The van der Waals surface area contributed by atoms with Crippen LogP contribution in [0.25, 0.3) is 0 Å². The van der Waals surface area contributed by atoms with Crippen LogP contribution in [0.15, 0.2) is 18.2 Å². The van der Waals surface area contributed by atoms with Gasteiger partial charge in [0, 0.05) is 17.1 Å². The highest BCUT2D eigenvalue weighted by Crippen LogP contribution is 2.22. The monoisotopic (exact) mass is 270 g/mol. The molecule has 0 heterocycles. The molecule has 1 aromatic rings. The van der Waals surface area contributed by atoms with Crippen molar-refractivity contribution in [3.8, 4) is 0 Å². The van der Waals surface area contributed by atoms with Crippen LogP contribution in [-0.2, 0) is 0 Å². The quantitative estimate of drug-likeness (QED) is 0.660. The lowest BCUT2D eigenvalue weighted by molar-refractivity contribution is -0.385. The van der Waals surface area contributed by atoms with E-state index in [9.17, 15) is 14.9 Å². The maximum atomic E-state index is 12.0. The standard InChI is InChI=1S/C12H15ClN2O3/c1-3-9(4-2)14-12(16)10-7-8(13)5-6-11(10)15(17)18/h5-7,9H,3-4H2,1-2H3,(H,14,16). The van der Waals surface area contributed by atoms with Crippen molar-refractivity contribution in [2.45, 2.75) is 32.7 Å². The van der Waals surface area contributed by atoms with E-state index in [1.807, 2.05) is 13.8 Å². The van der Waals surface area contributed by atoms with Crippen LogP contribution in [0, 0.1) is 10.1 Å². The van der Waals surface area contributed by atoms with Crippen molar-refractivity contribution in [3.63, 3.8) is 0 Å². The van der Waals surface area contributed by atoms with Gasteiger partial charge in [0.25, 0.3) is 11.6 Å². The fraction of sp³-hybridized carbons (Fsp3) is 0.417. The Bertz CT molecular complexity index is 459. The van der Waals surface area contributed by atoms with Gasteiger partial charge >= 0.3 is 0 Å². The molecule has 0 saturated carbocycles. The molecule has 1 N–H and O–H groups in total. The molecule has 98 valence electrons. The highest BCUT2D eigenvalue weighted by molar-refractivity contribution is 6.31. The Balaban J connectivity index is 3.03. The van der Waals surface area contributed by atoms with Gasteiger partial charge in [0.15, 0.2) is 0 Å². The van der Waals surface area contributed by atoms with E-state index in [4.69, 9.17) is 11.6 Å². The second-order valence-electron chi connectivity index (χ2n) is 3.91. The summed E-state index contributed by atoms with van der Waals surface area (Å²) in [5.74, 6) is -0.460. The Kier molecular flexibility index (Phi) is 5.09. The summed E-state index contributed by atoms with van der Waals surface area (Å²) in [6.45, 7) is 3.89. The molecule has 18 heavy (non-hydrogen) atoms. The lowest BCUT2D eigenvalue weighted by Crippen LogP contribution is -2.34. The normalized spacial score (nSPS) is 10.4. The maximum absolute atomic E-state index is 12.0. The lowest BCUT2D eigenvalue weighted by atomic mass is 10.1. The third-order valence-corrected chi connectivity index (χ3v) is 2.96. The summed E-state index contributed by atoms with van der Waals surface area (Å²) in [6, 6.07) is 3.96. The van der Waals surface area contributed by atoms with Crippen molar-refractivity contribution in [2.24, 2.45) is 0 Å². The van der Waals surface area contributed by atoms with Gasteiger partial charge in [-0.1, -0.05) is 25.4 Å². The molecule has 0 atom stereocenters. The van der Waals surface area contributed by atoms with Gasteiger partial charge < -0.3 is 5.32 Å². The first-order valence-electron chi connectivity index (χ1n) is 5.74. The summed E-state index contributed by atoms with van der Waals surface area (Å²) in [7, 11) is 0. The zero-order valence-electron chi connectivity index (χ0n) is 10.3. The van der Waals surface area contributed by atoms with Crippen molar-refractivity contribution < 1.29 is 9.72 Å². The molecule has 1 rings (SSSR count). The molecular weight excluding hydrogens is 256 g/mol. The first kappa shape index (κ1) is 14.4. The fourth-order valence-corrected chi connectivity index (χ4v) is 1.78. The number of hydrogen-bond donors (Lipinski definition) is 1. The third kappa shape index (κ3) is 3.43. The summed E-state index contributed by atoms with van der Waals surface area (Å²) in [4.78, 5) is 22.2. The molecular formula is C12H15ClN2O3. The Labute approximate surface area is 110 Å². The van der Waals surface area contributed by atoms with Crippen molar-refractivity contribution in [3.05, 3.63) is 38.9 Å². The number of amides is 1. The minimum absolute atomic E-state index is 0.000556. The Morgan fingerprint density at radius 2 is 2.06 bits per heavy atom. The molecule has 0 unspecified atom stereocenters. The van der Waals surface area contributed by atoms with Crippen LogP contribution < -0.4 is 5.32 Å². The van der Waals surface area contributed by atoms with E-state index in [1.54, 1.807) is 0 Å². The number of halogens is 1. The number of benzene rings is 1. The molecule has 1 amide bonds. The van der Waals surface area contributed by atoms with Crippen molar-refractivity contribution in [2.75, 3.05) is 0 Å².